The van der Waals surface area contributed by atoms with E-state index in [2.05, 4.69) is 65.2 Å². The number of nitrogens with two attached hydrogens (primary N) is 1. The quantitative estimate of drug-likeness (QED) is 0.256. The van der Waals surface area contributed by atoms with Crippen molar-refractivity contribution < 1.29 is 9.47 Å². The molecule has 0 unspecified atom stereocenters. The monoisotopic (exact) mass is 497 g/mol. The summed E-state index contributed by atoms with van der Waals surface area (Å²) < 4.78 is 11.5. The zero-order valence-electron chi connectivity index (χ0n) is 22.0. The number of methoxy groups -OCH3 is 1. The van der Waals surface area contributed by atoms with Gasteiger partial charge in [0, 0.05) is 12.1 Å². The first-order valence-electron chi connectivity index (χ1n) is 12.6. The van der Waals surface area contributed by atoms with Crippen LogP contribution >= 0.6 is 0 Å². The molecule has 0 saturated heterocycles. The number of benzene rings is 3. The molecule has 0 aliphatic rings. The van der Waals surface area contributed by atoms with Gasteiger partial charge in [0.1, 0.15) is 23.9 Å². The summed E-state index contributed by atoms with van der Waals surface area (Å²) in [6.45, 7) is 9.96. The highest BCUT2D eigenvalue weighted by Gasteiger charge is 2.19. The van der Waals surface area contributed by atoms with Gasteiger partial charge in [0.25, 0.3) is 0 Å². The van der Waals surface area contributed by atoms with Crippen LogP contribution in [0.4, 0.5) is 17.5 Å². The molecule has 4 aromatic rings. The zero-order chi connectivity index (χ0) is 26.2. The second-order valence-electron chi connectivity index (χ2n) is 8.75. The lowest BCUT2D eigenvalue weighted by Gasteiger charge is -2.19. The Balaban J connectivity index is 1.72. The minimum absolute atomic E-state index is 0.183. The van der Waals surface area contributed by atoms with Crippen molar-refractivity contribution >= 4 is 17.5 Å². The van der Waals surface area contributed by atoms with E-state index in [0.717, 1.165) is 53.5 Å². The fourth-order valence-electron chi connectivity index (χ4n) is 4.19. The van der Waals surface area contributed by atoms with Gasteiger partial charge in [-0.15, -0.1) is 0 Å². The molecule has 0 aliphatic heterocycles. The Morgan fingerprint density at radius 3 is 2.22 bits per heavy atom. The van der Waals surface area contributed by atoms with Gasteiger partial charge in [-0.05, 0) is 62.0 Å². The molecule has 3 N–H and O–H groups in total. The molecule has 0 aliphatic carbocycles. The van der Waals surface area contributed by atoms with Gasteiger partial charge in [-0.25, -0.2) is 4.98 Å². The smallest absolute Gasteiger partial charge is 0.222 e. The minimum Gasteiger partial charge on any atom is -0.495 e. The van der Waals surface area contributed by atoms with Crippen LogP contribution < -0.4 is 20.5 Å². The van der Waals surface area contributed by atoms with Crippen molar-refractivity contribution in [1.29, 1.82) is 0 Å². The molecular formula is C30H35N5O2. The van der Waals surface area contributed by atoms with Gasteiger partial charge in [0.15, 0.2) is 0 Å². The number of hydrogen-bond donors (Lipinski definition) is 2. The Morgan fingerprint density at radius 1 is 0.865 bits per heavy atom. The van der Waals surface area contributed by atoms with Crippen LogP contribution in [-0.2, 0) is 0 Å². The molecule has 0 amide bonds. The largest absolute Gasteiger partial charge is 0.495 e. The van der Waals surface area contributed by atoms with E-state index in [1.165, 1.54) is 5.56 Å². The molecule has 1 heterocycles. The number of nitrogens with one attached hydrogen (secondary N) is 1. The fourth-order valence-corrected chi connectivity index (χ4v) is 4.19. The second-order valence-corrected chi connectivity index (χ2v) is 8.75. The van der Waals surface area contributed by atoms with Crippen molar-refractivity contribution in [3.8, 4) is 33.9 Å². The van der Waals surface area contributed by atoms with Crippen molar-refractivity contribution in [3.63, 3.8) is 0 Å². The number of nitrogen functional groups attached to an aromatic ring is 1. The molecule has 0 bridgehead atoms. The van der Waals surface area contributed by atoms with Gasteiger partial charge in [-0.2, -0.15) is 4.98 Å². The summed E-state index contributed by atoms with van der Waals surface area (Å²) in [7, 11) is 1.65. The number of anilines is 3. The van der Waals surface area contributed by atoms with Crippen LogP contribution in [0.15, 0.2) is 72.8 Å². The number of ether oxygens (including phenoxy) is 2. The van der Waals surface area contributed by atoms with Gasteiger partial charge in [0.05, 0.1) is 24.1 Å². The fraction of sp³-hybridized carbons (Fsp3) is 0.267. The highest BCUT2D eigenvalue weighted by Crippen LogP contribution is 2.39. The maximum atomic E-state index is 6.22. The summed E-state index contributed by atoms with van der Waals surface area (Å²) in [5.41, 5.74) is 11.7. The predicted octanol–water partition coefficient (Wildman–Crippen LogP) is 6.17. The predicted molar refractivity (Wildman–Crippen MR) is 152 cm³/mol. The Bertz CT molecular complexity index is 1300. The molecular weight excluding hydrogens is 462 g/mol. The number of rotatable bonds is 11. The van der Waals surface area contributed by atoms with E-state index in [1.807, 2.05) is 48.5 Å². The Hall–Kier alpha value is -4.10. The maximum absolute atomic E-state index is 6.22. The first-order valence-corrected chi connectivity index (χ1v) is 12.6. The zero-order valence-corrected chi connectivity index (χ0v) is 22.0. The number of aryl methyl sites for hydroxylation is 1. The van der Waals surface area contributed by atoms with Crippen molar-refractivity contribution in [3.05, 3.63) is 78.4 Å². The Morgan fingerprint density at radius 2 is 1.54 bits per heavy atom. The third kappa shape index (κ3) is 6.37. The number of hydrogen-bond acceptors (Lipinski definition) is 7. The van der Waals surface area contributed by atoms with Crippen LogP contribution in [0.25, 0.3) is 22.4 Å². The van der Waals surface area contributed by atoms with Gasteiger partial charge < -0.3 is 25.4 Å². The lowest BCUT2D eigenvalue weighted by atomic mass is 9.98. The van der Waals surface area contributed by atoms with E-state index in [1.54, 1.807) is 7.11 Å². The van der Waals surface area contributed by atoms with Gasteiger partial charge in [0.2, 0.25) is 5.95 Å². The number of aromatic nitrogens is 2. The van der Waals surface area contributed by atoms with Crippen molar-refractivity contribution in [2.45, 2.75) is 20.8 Å². The highest BCUT2D eigenvalue weighted by molar-refractivity contribution is 5.91. The average Bonchev–Trinajstić information content (AvgIpc) is 2.92. The SMILES string of the molecule is CCN(CC)CCOc1ccc(-c2nc(N)nc(Nc3ccccc3OC)c2-c2ccc(C)cc2)cc1. The molecule has 3 aromatic carbocycles. The molecule has 1 aromatic heterocycles. The van der Waals surface area contributed by atoms with Crippen LogP contribution in [-0.4, -0.2) is 48.2 Å². The summed E-state index contributed by atoms with van der Waals surface area (Å²) >= 11 is 0. The summed E-state index contributed by atoms with van der Waals surface area (Å²) in [5.74, 6) is 2.32. The van der Waals surface area contributed by atoms with Gasteiger partial charge in [-0.3, -0.25) is 0 Å². The van der Waals surface area contributed by atoms with Crippen LogP contribution in [0.5, 0.6) is 11.5 Å². The standard InChI is InChI=1S/C30H35N5O2/c1-5-35(6-2)19-20-37-24-17-15-23(16-18-24)28-27(22-13-11-21(3)12-14-22)29(34-30(31)33-28)32-25-9-7-8-10-26(25)36-4/h7-18H,5-6,19-20H2,1-4H3,(H3,31,32,33,34). The Kier molecular flexibility index (Phi) is 8.59. The lowest BCUT2D eigenvalue weighted by molar-refractivity contribution is 0.223. The van der Waals surface area contributed by atoms with E-state index in [9.17, 15) is 0 Å². The summed E-state index contributed by atoms with van der Waals surface area (Å²) in [6, 6.07) is 24.0. The first kappa shape index (κ1) is 26.0. The molecule has 7 heteroatoms. The van der Waals surface area contributed by atoms with Crippen molar-refractivity contribution in [2.75, 3.05) is 44.4 Å². The molecule has 7 nitrogen and oxygen atoms in total. The van der Waals surface area contributed by atoms with E-state index in [4.69, 9.17) is 15.2 Å². The molecule has 0 fully saturated rings. The molecule has 37 heavy (non-hydrogen) atoms. The van der Waals surface area contributed by atoms with E-state index >= 15 is 0 Å². The summed E-state index contributed by atoms with van der Waals surface area (Å²) in [4.78, 5) is 11.6. The molecule has 0 radical (unpaired) electrons. The number of para-hydroxylation sites is 2. The first-order chi connectivity index (χ1) is 18.0. The van der Waals surface area contributed by atoms with E-state index in [-0.39, 0.29) is 5.95 Å². The number of likely N-dealkylation sites (N-methyl/N-ethyl adjacent to an activating group) is 1. The lowest BCUT2D eigenvalue weighted by Crippen LogP contribution is -2.27. The van der Waals surface area contributed by atoms with Gasteiger partial charge >= 0.3 is 0 Å². The van der Waals surface area contributed by atoms with Crippen molar-refractivity contribution in [2.24, 2.45) is 0 Å². The second kappa shape index (κ2) is 12.2. The van der Waals surface area contributed by atoms with Gasteiger partial charge in [-0.1, -0.05) is 55.8 Å². The van der Waals surface area contributed by atoms with Crippen LogP contribution in [0.1, 0.15) is 19.4 Å². The molecule has 0 atom stereocenters. The normalized spacial score (nSPS) is 10.9. The molecule has 0 saturated carbocycles. The highest BCUT2D eigenvalue weighted by atomic mass is 16.5. The molecule has 4 rings (SSSR count). The van der Waals surface area contributed by atoms with E-state index < -0.39 is 0 Å². The molecule has 192 valence electrons. The Labute approximate surface area is 219 Å². The number of nitrogens with zero attached hydrogens (tertiary/aromatic N) is 3. The van der Waals surface area contributed by atoms with Crippen molar-refractivity contribution in [1.82, 2.24) is 14.9 Å². The average molecular weight is 498 g/mol. The summed E-state index contributed by atoms with van der Waals surface area (Å²) in [5, 5.41) is 3.43. The summed E-state index contributed by atoms with van der Waals surface area (Å²) in [6.07, 6.45) is 0. The maximum Gasteiger partial charge on any atom is 0.222 e. The topological polar surface area (TPSA) is 85.5 Å². The molecule has 0 spiro atoms. The third-order valence-electron chi connectivity index (χ3n) is 6.33. The van der Waals surface area contributed by atoms with Crippen LogP contribution in [0.2, 0.25) is 0 Å². The minimum atomic E-state index is 0.183. The van der Waals surface area contributed by atoms with Crippen LogP contribution in [0, 0.1) is 6.92 Å². The van der Waals surface area contributed by atoms with E-state index in [0.29, 0.717) is 18.2 Å². The third-order valence-corrected chi connectivity index (χ3v) is 6.33. The van der Waals surface area contributed by atoms with Crippen LogP contribution in [0.3, 0.4) is 0 Å².